The fourth-order valence-corrected chi connectivity index (χ4v) is 4.66. The molecule has 3 heterocycles. The SMILES string of the molecule is CC#CC(=O)NC1CCC(n2nc(-c3ccc(C(=O)Nc4ccccn4)cc3)c3c(N)ncnc32)CC1. The largest absolute Gasteiger partial charge is 0.383 e. The molecular formula is C27H26N8O2. The van der Waals surface area contributed by atoms with Crippen molar-refractivity contribution in [3.05, 3.63) is 60.6 Å². The number of anilines is 2. The molecule has 1 fully saturated rings. The molecule has 2 amide bonds. The third-order valence-electron chi connectivity index (χ3n) is 6.46. The van der Waals surface area contributed by atoms with Crippen LogP contribution in [-0.4, -0.2) is 42.6 Å². The summed E-state index contributed by atoms with van der Waals surface area (Å²) in [6, 6.07) is 12.7. The molecule has 0 spiro atoms. The van der Waals surface area contributed by atoms with Gasteiger partial charge < -0.3 is 16.4 Å². The van der Waals surface area contributed by atoms with E-state index in [1.165, 1.54) is 6.33 Å². The van der Waals surface area contributed by atoms with E-state index in [-0.39, 0.29) is 23.9 Å². The van der Waals surface area contributed by atoms with Gasteiger partial charge in [-0.15, -0.1) is 0 Å². The summed E-state index contributed by atoms with van der Waals surface area (Å²) in [5, 5.41) is 11.4. The van der Waals surface area contributed by atoms with Gasteiger partial charge in [0.25, 0.3) is 11.8 Å². The van der Waals surface area contributed by atoms with Gasteiger partial charge in [0.15, 0.2) is 5.65 Å². The number of nitrogens with one attached hydrogen (secondary N) is 2. The highest BCUT2D eigenvalue weighted by atomic mass is 16.2. The van der Waals surface area contributed by atoms with Crippen molar-refractivity contribution in [3.63, 3.8) is 0 Å². The number of aromatic nitrogens is 5. The molecule has 186 valence electrons. The Kier molecular flexibility index (Phi) is 6.76. The lowest BCUT2D eigenvalue weighted by molar-refractivity contribution is -0.116. The molecule has 1 aromatic carbocycles. The molecule has 4 aromatic rings. The van der Waals surface area contributed by atoms with E-state index in [1.54, 1.807) is 37.4 Å². The van der Waals surface area contributed by atoms with Crippen LogP contribution in [0.4, 0.5) is 11.6 Å². The molecule has 0 unspecified atom stereocenters. The number of fused-ring (bicyclic) bond motifs is 1. The average molecular weight is 495 g/mol. The van der Waals surface area contributed by atoms with E-state index in [4.69, 9.17) is 10.8 Å². The van der Waals surface area contributed by atoms with Gasteiger partial charge in [-0.2, -0.15) is 5.10 Å². The molecule has 0 bridgehead atoms. The number of carbonyl (C=O) groups excluding carboxylic acids is 2. The van der Waals surface area contributed by atoms with Crippen molar-refractivity contribution in [2.75, 3.05) is 11.1 Å². The van der Waals surface area contributed by atoms with Gasteiger partial charge in [-0.1, -0.05) is 24.1 Å². The summed E-state index contributed by atoms with van der Waals surface area (Å²) >= 11 is 0. The molecule has 3 aromatic heterocycles. The van der Waals surface area contributed by atoms with Crippen LogP contribution in [0.15, 0.2) is 55.0 Å². The molecule has 4 N–H and O–H groups in total. The fourth-order valence-electron chi connectivity index (χ4n) is 4.66. The Hall–Kier alpha value is -4.78. The van der Waals surface area contributed by atoms with Gasteiger partial charge in [0.05, 0.1) is 11.4 Å². The van der Waals surface area contributed by atoms with Crippen molar-refractivity contribution >= 4 is 34.5 Å². The van der Waals surface area contributed by atoms with Crippen molar-refractivity contribution < 1.29 is 9.59 Å². The number of pyridine rings is 1. The minimum absolute atomic E-state index is 0.0929. The number of benzene rings is 1. The lowest BCUT2D eigenvalue weighted by atomic mass is 9.91. The number of hydrogen-bond donors (Lipinski definition) is 3. The van der Waals surface area contributed by atoms with Gasteiger partial charge in [0, 0.05) is 23.4 Å². The molecule has 0 radical (unpaired) electrons. The zero-order valence-electron chi connectivity index (χ0n) is 20.3. The normalized spacial score (nSPS) is 17.0. The van der Waals surface area contributed by atoms with E-state index in [9.17, 15) is 9.59 Å². The van der Waals surface area contributed by atoms with E-state index >= 15 is 0 Å². The molecule has 37 heavy (non-hydrogen) atoms. The van der Waals surface area contributed by atoms with E-state index in [0.29, 0.717) is 33.9 Å². The van der Waals surface area contributed by atoms with Gasteiger partial charge in [-0.05, 0) is 62.8 Å². The summed E-state index contributed by atoms with van der Waals surface area (Å²) in [6.45, 7) is 1.65. The molecule has 0 saturated heterocycles. The molecule has 10 heteroatoms. The predicted molar refractivity (Wildman–Crippen MR) is 140 cm³/mol. The Morgan fingerprint density at radius 2 is 1.81 bits per heavy atom. The Balaban J connectivity index is 1.38. The third-order valence-corrected chi connectivity index (χ3v) is 6.46. The van der Waals surface area contributed by atoms with Crippen molar-refractivity contribution in [2.24, 2.45) is 0 Å². The predicted octanol–water partition coefficient (Wildman–Crippen LogP) is 3.35. The summed E-state index contributed by atoms with van der Waals surface area (Å²) < 4.78 is 1.92. The fraction of sp³-hybridized carbons (Fsp3) is 0.259. The van der Waals surface area contributed by atoms with Crippen molar-refractivity contribution in [1.82, 2.24) is 30.0 Å². The van der Waals surface area contributed by atoms with Crippen molar-refractivity contribution in [3.8, 4) is 23.1 Å². The highest BCUT2D eigenvalue weighted by Gasteiger charge is 2.27. The average Bonchev–Trinajstić information content (AvgIpc) is 3.31. The summed E-state index contributed by atoms with van der Waals surface area (Å²) in [5.74, 6) is 5.50. The quantitative estimate of drug-likeness (QED) is 0.361. The van der Waals surface area contributed by atoms with Gasteiger partial charge in [0.2, 0.25) is 0 Å². The first-order valence-electron chi connectivity index (χ1n) is 12.1. The second kappa shape index (κ2) is 10.5. The molecule has 10 nitrogen and oxygen atoms in total. The van der Waals surface area contributed by atoms with E-state index in [0.717, 1.165) is 31.2 Å². The van der Waals surface area contributed by atoms with Crippen LogP contribution >= 0.6 is 0 Å². The van der Waals surface area contributed by atoms with Crippen LogP contribution in [0, 0.1) is 11.8 Å². The van der Waals surface area contributed by atoms with Crippen LogP contribution in [0.2, 0.25) is 0 Å². The summed E-state index contributed by atoms with van der Waals surface area (Å²) in [4.78, 5) is 37.3. The first kappa shape index (κ1) is 23.9. The minimum atomic E-state index is -0.253. The second-order valence-corrected chi connectivity index (χ2v) is 8.85. The molecule has 0 aliphatic heterocycles. The zero-order chi connectivity index (χ0) is 25.8. The number of rotatable bonds is 5. The Bertz CT molecular complexity index is 1490. The number of nitrogens with two attached hydrogens (primary N) is 1. The first-order chi connectivity index (χ1) is 18.0. The zero-order valence-corrected chi connectivity index (χ0v) is 20.3. The lowest BCUT2D eigenvalue weighted by Crippen LogP contribution is -2.37. The maximum atomic E-state index is 12.6. The van der Waals surface area contributed by atoms with Crippen molar-refractivity contribution in [2.45, 2.75) is 44.7 Å². The van der Waals surface area contributed by atoms with E-state index < -0.39 is 0 Å². The molecule has 1 aliphatic rings. The molecule has 1 aliphatic carbocycles. The summed E-state index contributed by atoms with van der Waals surface area (Å²) in [6.07, 6.45) is 6.36. The van der Waals surface area contributed by atoms with Crippen LogP contribution < -0.4 is 16.4 Å². The van der Waals surface area contributed by atoms with Crippen LogP contribution in [-0.2, 0) is 4.79 Å². The highest BCUT2D eigenvalue weighted by molar-refractivity contribution is 6.04. The summed E-state index contributed by atoms with van der Waals surface area (Å²) in [5.41, 5.74) is 8.91. The van der Waals surface area contributed by atoms with Crippen LogP contribution in [0.5, 0.6) is 0 Å². The number of carbonyl (C=O) groups is 2. The second-order valence-electron chi connectivity index (χ2n) is 8.85. The van der Waals surface area contributed by atoms with Gasteiger partial charge in [-0.3, -0.25) is 9.59 Å². The lowest BCUT2D eigenvalue weighted by Gasteiger charge is -2.28. The first-order valence-corrected chi connectivity index (χ1v) is 12.1. The maximum absolute atomic E-state index is 12.6. The van der Waals surface area contributed by atoms with Crippen LogP contribution in [0.25, 0.3) is 22.3 Å². The van der Waals surface area contributed by atoms with Crippen LogP contribution in [0.1, 0.15) is 49.0 Å². The summed E-state index contributed by atoms with van der Waals surface area (Å²) in [7, 11) is 0. The number of amides is 2. The Labute approximate surface area is 213 Å². The minimum Gasteiger partial charge on any atom is -0.383 e. The van der Waals surface area contributed by atoms with Gasteiger partial charge in [0.1, 0.15) is 23.7 Å². The van der Waals surface area contributed by atoms with Gasteiger partial charge >= 0.3 is 0 Å². The topological polar surface area (TPSA) is 141 Å². The third kappa shape index (κ3) is 5.11. The Morgan fingerprint density at radius 3 is 2.51 bits per heavy atom. The molecule has 0 atom stereocenters. The molecule has 5 rings (SSSR count). The smallest absolute Gasteiger partial charge is 0.296 e. The van der Waals surface area contributed by atoms with Crippen molar-refractivity contribution in [1.29, 1.82) is 0 Å². The molecular weight excluding hydrogens is 468 g/mol. The van der Waals surface area contributed by atoms with E-state index in [2.05, 4.69) is 37.4 Å². The maximum Gasteiger partial charge on any atom is 0.296 e. The highest BCUT2D eigenvalue weighted by Crippen LogP contribution is 2.36. The van der Waals surface area contributed by atoms with Gasteiger partial charge in [-0.25, -0.2) is 19.6 Å². The standard InChI is InChI=1S/C27H26N8O2/c1-2-5-22(36)32-19-11-13-20(14-12-19)35-26-23(25(28)30-16-31-26)24(34-35)17-7-9-18(10-8-17)27(37)33-21-6-3-4-15-29-21/h3-4,6-10,15-16,19-20H,11-14H2,1H3,(H,32,36)(H2,28,30,31)(H,29,33,37). The number of hydrogen-bond acceptors (Lipinski definition) is 7. The Morgan fingerprint density at radius 1 is 1.03 bits per heavy atom. The number of nitrogens with zero attached hydrogens (tertiary/aromatic N) is 5. The number of nitrogen functional groups attached to an aromatic ring is 1. The van der Waals surface area contributed by atoms with E-state index in [1.807, 2.05) is 22.9 Å². The monoisotopic (exact) mass is 494 g/mol. The molecule has 1 saturated carbocycles. The van der Waals surface area contributed by atoms with Crippen LogP contribution in [0.3, 0.4) is 0 Å².